The fraction of sp³-hybridized carbons (Fsp3) is 0.278. The minimum Gasteiger partial charge on any atom is -0.347 e. The molecule has 0 radical (unpaired) electrons. The van der Waals surface area contributed by atoms with Crippen LogP contribution in [0.4, 0.5) is 13.2 Å². The Morgan fingerprint density at radius 1 is 1.27 bits per heavy atom. The number of H-pyrrole nitrogens is 1. The Labute approximate surface area is 147 Å². The Hall–Kier alpha value is -2.90. The zero-order valence-electron chi connectivity index (χ0n) is 14.0. The van der Waals surface area contributed by atoms with E-state index in [0.29, 0.717) is 5.69 Å². The summed E-state index contributed by atoms with van der Waals surface area (Å²) in [7, 11) is 0. The number of carbonyl (C=O) groups is 1. The highest BCUT2D eigenvalue weighted by molar-refractivity contribution is 5.91. The number of hydrogen-bond acceptors (Lipinski definition) is 3. The van der Waals surface area contributed by atoms with Gasteiger partial charge in [0.1, 0.15) is 12.2 Å². The maximum atomic E-state index is 12.2. The Morgan fingerprint density at radius 2 is 2.08 bits per heavy atom. The van der Waals surface area contributed by atoms with Gasteiger partial charge in [-0.1, -0.05) is 13.0 Å². The molecule has 3 heterocycles. The first-order valence-corrected chi connectivity index (χ1v) is 8.06. The molecule has 0 aliphatic carbocycles. The fourth-order valence-electron chi connectivity index (χ4n) is 2.70. The number of aromatic amines is 1. The molecule has 3 aromatic rings. The minimum atomic E-state index is -4.42. The van der Waals surface area contributed by atoms with Gasteiger partial charge in [0.25, 0.3) is 0 Å². The smallest absolute Gasteiger partial charge is 0.347 e. The number of alkyl halides is 3. The van der Waals surface area contributed by atoms with E-state index in [2.05, 4.69) is 15.0 Å². The summed E-state index contributed by atoms with van der Waals surface area (Å²) in [5.74, 6) is -1.27. The number of amides is 1. The van der Waals surface area contributed by atoms with Crippen molar-refractivity contribution in [1.82, 2.24) is 20.3 Å². The van der Waals surface area contributed by atoms with Crippen LogP contribution >= 0.6 is 0 Å². The van der Waals surface area contributed by atoms with E-state index >= 15 is 0 Å². The fourth-order valence-corrected chi connectivity index (χ4v) is 2.70. The maximum absolute atomic E-state index is 12.2. The lowest BCUT2D eigenvalue weighted by Crippen LogP contribution is -2.37. The third-order valence-electron chi connectivity index (χ3n) is 3.97. The number of aromatic nitrogens is 3. The molecular weight excluding hydrogens is 345 g/mol. The van der Waals surface area contributed by atoms with E-state index in [1.807, 2.05) is 29.6 Å². The van der Waals surface area contributed by atoms with Crippen LogP contribution in [-0.4, -0.2) is 33.6 Å². The van der Waals surface area contributed by atoms with E-state index in [-0.39, 0.29) is 6.42 Å². The second kappa shape index (κ2) is 7.15. The highest BCUT2D eigenvalue weighted by Gasteiger charge is 2.28. The van der Waals surface area contributed by atoms with Crippen LogP contribution in [0.2, 0.25) is 0 Å². The van der Waals surface area contributed by atoms with Gasteiger partial charge >= 0.3 is 6.18 Å². The Bertz CT molecular complexity index is 920. The van der Waals surface area contributed by atoms with E-state index in [1.54, 1.807) is 25.4 Å². The summed E-state index contributed by atoms with van der Waals surface area (Å²) in [5, 5.41) is 2.83. The van der Waals surface area contributed by atoms with Crippen LogP contribution in [0.15, 0.2) is 42.7 Å². The van der Waals surface area contributed by atoms with E-state index < -0.39 is 24.5 Å². The monoisotopic (exact) mass is 362 g/mol. The summed E-state index contributed by atoms with van der Waals surface area (Å²) in [5.41, 5.74) is 3.00. The molecule has 136 valence electrons. The van der Waals surface area contributed by atoms with E-state index in [4.69, 9.17) is 0 Å². The second-order valence-corrected chi connectivity index (χ2v) is 6.05. The van der Waals surface area contributed by atoms with Gasteiger partial charge in [0.05, 0.1) is 5.69 Å². The van der Waals surface area contributed by atoms with Crippen molar-refractivity contribution in [2.24, 2.45) is 5.92 Å². The van der Waals surface area contributed by atoms with Crippen LogP contribution in [0, 0.1) is 5.92 Å². The Balaban J connectivity index is 1.75. The van der Waals surface area contributed by atoms with Crippen LogP contribution in [0.3, 0.4) is 0 Å². The number of pyridine rings is 2. The van der Waals surface area contributed by atoms with Gasteiger partial charge in [-0.15, -0.1) is 0 Å². The third-order valence-corrected chi connectivity index (χ3v) is 3.97. The average Bonchev–Trinajstić information content (AvgIpc) is 3.07. The Kier molecular flexibility index (Phi) is 4.92. The maximum Gasteiger partial charge on any atom is 0.405 e. The summed E-state index contributed by atoms with van der Waals surface area (Å²) in [6, 6.07) is 9.17. The normalized spacial score (nSPS) is 12.9. The standard InChI is InChI=1S/C18H17F3N4O/c1-11(17(26)24-10-18(19,20)21)9-12-3-2-4-15(25-12)13-5-7-22-16-14(13)6-8-23-16/h2-8,11H,9-10H2,1H3,(H,22,23)(H,24,26)/t11-/m1/s1. The van der Waals surface area contributed by atoms with Gasteiger partial charge < -0.3 is 10.3 Å². The molecule has 1 atom stereocenters. The van der Waals surface area contributed by atoms with Gasteiger partial charge in [-0.05, 0) is 24.3 Å². The molecule has 26 heavy (non-hydrogen) atoms. The molecular formula is C18H17F3N4O. The van der Waals surface area contributed by atoms with Crippen molar-refractivity contribution in [3.8, 4) is 11.3 Å². The molecule has 0 unspecified atom stereocenters. The number of rotatable bonds is 5. The highest BCUT2D eigenvalue weighted by atomic mass is 19.4. The quantitative estimate of drug-likeness (QED) is 0.730. The molecule has 3 rings (SSSR count). The highest BCUT2D eigenvalue weighted by Crippen LogP contribution is 2.25. The zero-order valence-corrected chi connectivity index (χ0v) is 14.0. The first kappa shape index (κ1) is 17.9. The van der Waals surface area contributed by atoms with Crippen molar-refractivity contribution in [2.75, 3.05) is 6.54 Å². The van der Waals surface area contributed by atoms with Crippen LogP contribution < -0.4 is 5.32 Å². The molecule has 0 aliphatic rings. The molecule has 3 aromatic heterocycles. The molecule has 0 fully saturated rings. The van der Waals surface area contributed by atoms with Gasteiger partial charge in [0, 0.05) is 41.4 Å². The minimum absolute atomic E-state index is 0.249. The number of nitrogens with zero attached hydrogens (tertiary/aromatic N) is 2. The Morgan fingerprint density at radius 3 is 2.85 bits per heavy atom. The molecule has 0 bridgehead atoms. The van der Waals surface area contributed by atoms with E-state index in [9.17, 15) is 18.0 Å². The van der Waals surface area contributed by atoms with E-state index in [1.165, 1.54) is 0 Å². The van der Waals surface area contributed by atoms with Crippen molar-refractivity contribution < 1.29 is 18.0 Å². The molecule has 0 spiro atoms. The van der Waals surface area contributed by atoms with Crippen molar-refractivity contribution in [3.63, 3.8) is 0 Å². The molecule has 8 heteroatoms. The number of hydrogen-bond donors (Lipinski definition) is 2. The average molecular weight is 362 g/mol. The predicted molar refractivity (Wildman–Crippen MR) is 91.3 cm³/mol. The lowest BCUT2D eigenvalue weighted by Gasteiger charge is -2.14. The molecule has 0 aliphatic heterocycles. The third kappa shape index (κ3) is 4.19. The first-order valence-electron chi connectivity index (χ1n) is 8.06. The van der Waals surface area contributed by atoms with Gasteiger partial charge in [-0.2, -0.15) is 13.2 Å². The summed E-state index contributed by atoms with van der Waals surface area (Å²) >= 11 is 0. The number of nitrogens with one attached hydrogen (secondary N) is 2. The van der Waals surface area contributed by atoms with Crippen molar-refractivity contribution in [3.05, 3.63) is 48.4 Å². The van der Waals surface area contributed by atoms with Gasteiger partial charge in [0.2, 0.25) is 5.91 Å². The topological polar surface area (TPSA) is 70.7 Å². The van der Waals surface area contributed by atoms with Crippen LogP contribution in [0.1, 0.15) is 12.6 Å². The molecule has 0 aromatic carbocycles. The molecule has 5 nitrogen and oxygen atoms in total. The van der Waals surface area contributed by atoms with Crippen LogP contribution in [-0.2, 0) is 11.2 Å². The summed E-state index contributed by atoms with van der Waals surface area (Å²) in [6.07, 6.45) is -0.705. The molecule has 0 saturated heterocycles. The van der Waals surface area contributed by atoms with Crippen molar-refractivity contribution >= 4 is 16.9 Å². The van der Waals surface area contributed by atoms with Gasteiger partial charge in [0.15, 0.2) is 0 Å². The van der Waals surface area contributed by atoms with Gasteiger partial charge in [-0.25, -0.2) is 4.98 Å². The van der Waals surface area contributed by atoms with Crippen LogP contribution in [0.25, 0.3) is 22.3 Å². The number of fused-ring (bicyclic) bond motifs is 1. The lowest BCUT2D eigenvalue weighted by atomic mass is 10.0. The second-order valence-electron chi connectivity index (χ2n) is 6.05. The van der Waals surface area contributed by atoms with Crippen LogP contribution in [0.5, 0.6) is 0 Å². The molecule has 2 N–H and O–H groups in total. The molecule has 0 saturated carbocycles. The largest absolute Gasteiger partial charge is 0.405 e. The zero-order chi connectivity index (χ0) is 18.7. The van der Waals surface area contributed by atoms with E-state index in [0.717, 1.165) is 22.3 Å². The number of carbonyl (C=O) groups excluding carboxylic acids is 1. The predicted octanol–water partition coefficient (Wildman–Crippen LogP) is 3.48. The van der Waals surface area contributed by atoms with Crippen molar-refractivity contribution in [2.45, 2.75) is 19.5 Å². The number of halogens is 3. The van der Waals surface area contributed by atoms with Crippen molar-refractivity contribution in [1.29, 1.82) is 0 Å². The summed E-state index contributed by atoms with van der Waals surface area (Å²) in [4.78, 5) is 23.7. The lowest BCUT2D eigenvalue weighted by molar-refractivity contribution is -0.140. The SMILES string of the molecule is C[C@H](Cc1cccc(-c2ccnc3[nH]ccc23)n1)C(=O)NCC(F)(F)F. The first-order chi connectivity index (χ1) is 12.3. The summed E-state index contributed by atoms with van der Waals surface area (Å²) < 4.78 is 36.6. The molecule has 1 amide bonds. The van der Waals surface area contributed by atoms with Gasteiger partial charge in [-0.3, -0.25) is 9.78 Å². The summed E-state index contributed by atoms with van der Waals surface area (Å²) in [6.45, 7) is 0.253.